The minimum atomic E-state index is -3.74. The quantitative estimate of drug-likeness (QED) is 0.905. The van der Waals surface area contributed by atoms with E-state index in [9.17, 15) is 13.2 Å². The van der Waals surface area contributed by atoms with Gasteiger partial charge in [-0.3, -0.25) is 4.79 Å². The fourth-order valence-corrected chi connectivity index (χ4v) is 3.50. The summed E-state index contributed by atoms with van der Waals surface area (Å²) in [6, 6.07) is 12.0. The van der Waals surface area contributed by atoms with E-state index in [-0.39, 0.29) is 10.8 Å². The van der Waals surface area contributed by atoms with Gasteiger partial charge in [-0.05, 0) is 47.4 Å². The first kappa shape index (κ1) is 17.0. The molecule has 2 aromatic carbocycles. The predicted octanol–water partition coefficient (Wildman–Crippen LogP) is 2.11. The molecule has 126 valence electrons. The van der Waals surface area contributed by atoms with Gasteiger partial charge in [-0.1, -0.05) is 29.8 Å². The van der Waals surface area contributed by atoms with E-state index in [1.807, 2.05) is 12.1 Å². The fraction of sp³-hybridized carbons (Fsp3) is 0.235. The van der Waals surface area contributed by atoms with Gasteiger partial charge in [0, 0.05) is 18.1 Å². The second kappa shape index (κ2) is 6.55. The summed E-state index contributed by atoms with van der Waals surface area (Å²) < 4.78 is 23.0. The molecule has 0 bridgehead atoms. The molecule has 0 spiro atoms. The molecule has 0 aliphatic carbocycles. The summed E-state index contributed by atoms with van der Waals surface area (Å²) in [5.74, 6) is 0.00369. The Kier molecular flexibility index (Phi) is 4.62. The molecule has 0 fully saturated rings. The number of benzene rings is 2. The van der Waals surface area contributed by atoms with Gasteiger partial charge in [0.1, 0.15) is 0 Å². The highest BCUT2D eigenvalue weighted by atomic mass is 35.5. The Hall–Kier alpha value is -1.89. The number of fused-ring (bicyclic) bond motifs is 1. The van der Waals surface area contributed by atoms with Gasteiger partial charge in [0.05, 0.1) is 11.3 Å². The van der Waals surface area contributed by atoms with Crippen molar-refractivity contribution in [3.63, 3.8) is 0 Å². The molecule has 1 aliphatic rings. The van der Waals surface area contributed by atoms with Gasteiger partial charge >= 0.3 is 0 Å². The number of primary sulfonamides is 1. The molecule has 0 aromatic heterocycles. The third kappa shape index (κ3) is 3.77. The standard InChI is InChI=1S/C17H17ClN2O3S/c18-15-4-1-12(2-5-15)9-17(21)20-8-7-13-3-6-16(24(19,22)23)10-14(13)11-20/h1-6,10H,7-9,11H2,(H2,19,22,23). The van der Waals surface area contributed by atoms with E-state index < -0.39 is 10.0 Å². The Bertz CT molecular complexity index is 879. The fourth-order valence-electron chi connectivity index (χ4n) is 2.81. The molecule has 0 saturated carbocycles. The average Bonchev–Trinajstić information content (AvgIpc) is 2.55. The zero-order chi connectivity index (χ0) is 17.3. The van der Waals surface area contributed by atoms with Crippen LogP contribution in [0.3, 0.4) is 0 Å². The maximum atomic E-state index is 12.5. The molecule has 7 heteroatoms. The number of hydrogen-bond donors (Lipinski definition) is 1. The molecule has 2 N–H and O–H groups in total. The maximum absolute atomic E-state index is 12.5. The van der Waals surface area contributed by atoms with E-state index in [0.29, 0.717) is 31.0 Å². The molecule has 0 radical (unpaired) electrons. The van der Waals surface area contributed by atoms with Crippen molar-refractivity contribution in [3.05, 3.63) is 64.2 Å². The van der Waals surface area contributed by atoms with E-state index in [0.717, 1.165) is 16.7 Å². The SMILES string of the molecule is NS(=O)(=O)c1ccc2c(c1)CN(C(=O)Cc1ccc(Cl)cc1)CC2. The largest absolute Gasteiger partial charge is 0.338 e. The number of rotatable bonds is 3. The lowest BCUT2D eigenvalue weighted by Crippen LogP contribution is -2.37. The van der Waals surface area contributed by atoms with Crippen molar-refractivity contribution in [2.45, 2.75) is 24.3 Å². The van der Waals surface area contributed by atoms with E-state index in [4.69, 9.17) is 16.7 Å². The smallest absolute Gasteiger partial charge is 0.238 e. The summed E-state index contributed by atoms with van der Waals surface area (Å²) in [6.07, 6.45) is 0.994. The highest BCUT2D eigenvalue weighted by Gasteiger charge is 2.22. The van der Waals surface area contributed by atoms with Crippen LogP contribution in [0.25, 0.3) is 0 Å². The van der Waals surface area contributed by atoms with Gasteiger partial charge in [-0.2, -0.15) is 0 Å². The monoisotopic (exact) mass is 364 g/mol. The van der Waals surface area contributed by atoms with Crippen LogP contribution in [0, 0.1) is 0 Å². The Morgan fingerprint density at radius 1 is 1.12 bits per heavy atom. The first-order chi connectivity index (χ1) is 11.3. The summed E-state index contributed by atoms with van der Waals surface area (Å²) in [5.41, 5.74) is 2.78. The van der Waals surface area contributed by atoms with E-state index in [2.05, 4.69) is 0 Å². The first-order valence-corrected chi connectivity index (χ1v) is 9.42. The molecule has 1 heterocycles. The highest BCUT2D eigenvalue weighted by Crippen LogP contribution is 2.23. The summed E-state index contributed by atoms with van der Waals surface area (Å²) in [4.78, 5) is 14.3. The normalized spacial score (nSPS) is 14.3. The van der Waals surface area contributed by atoms with Crippen molar-refractivity contribution in [1.29, 1.82) is 0 Å². The zero-order valence-electron chi connectivity index (χ0n) is 12.9. The van der Waals surface area contributed by atoms with Crippen LogP contribution in [0.2, 0.25) is 5.02 Å². The van der Waals surface area contributed by atoms with Crippen molar-refractivity contribution in [3.8, 4) is 0 Å². The van der Waals surface area contributed by atoms with Crippen molar-refractivity contribution in [2.24, 2.45) is 5.14 Å². The molecule has 2 aromatic rings. The average molecular weight is 365 g/mol. The second-order valence-corrected chi connectivity index (χ2v) is 7.84. The second-order valence-electron chi connectivity index (χ2n) is 5.84. The molecular weight excluding hydrogens is 348 g/mol. The molecule has 5 nitrogen and oxygen atoms in total. The zero-order valence-corrected chi connectivity index (χ0v) is 14.5. The molecule has 0 atom stereocenters. The van der Waals surface area contributed by atoms with Gasteiger partial charge < -0.3 is 4.90 Å². The third-order valence-corrected chi connectivity index (χ3v) is 5.30. The maximum Gasteiger partial charge on any atom is 0.238 e. The number of amides is 1. The van der Waals surface area contributed by atoms with Crippen LogP contribution in [-0.2, 0) is 34.2 Å². The van der Waals surface area contributed by atoms with Crippen molar-refractivity contribution < 1.29 is 13.2 Å². The lowest BCUT2D eigenvalue weighted by atomic mass is 9.99. The number of nitrogens with zero attached hydrogens (tertiary/aromatic N) is 1. The Labute approximate surface area is 146 Å². The van der Waals surface area contributed by atoms with E-state index in [1.165, 1.54) is 6.07 Å². The molecule has 0 saturated heterocycles. The number of sulfonamides is 1. The van der Waals surface area contributed by atoms with E-state index >= 15 is 0 Å². The number of carbonyl (C=O) groups is 1. The van der Waals surface area contributed by atoms with Crippen LogP contribution in [0.1, 0.15) is 16.7 Å². The Balaban J connectivity index is 1.76. The van der Waals surface area contributed by atoms with E-state index in [1.54, 1.807) is 29.2 Å². The van der Waals surface area contributed by atoms with Gasteiger partial charge in [0.25, 0.3) is 0 Å². The number of hydrogen-bond acceptors (Lipinski definition) is 3. The minimum Gasteiger partial charge on any atom is -0.338 e. The van der Waals surface area contributed by atoms with Gasteiger partial charge in [-0.25, -0.2) is 13.6 Å². The highest BCUT2D eigenvalue weighted by molar-refractivity contribution is 7.89. The number of nitrogens with two attached hydrogens (primary N) is 1. The lowest BCUT2D eigenvalue weighted by molar-refractivity contribution is -0.131. The van der Waals surface area contributed by atoms with Crippen LogP contribution in [0.4, 0.5) is 0 Å². The summed E-state index contributed by atoms with van der Waals surface area (Å²) in [6.45, 7) is 1.01. The summed E-state index contributed by atoms with van der Waals surface area (Å²) >= 11 is 5.85. The summed E-state index contributed by atoms with van der Waals surface area (Å²) in [5, 5.41) is 5.81. The van der Waals surface area contributed by atoms with Crippen LogP contribution in [0.15, 0.2) is 47.4 Å². The van der Waals surface area contributed by atoms with Crippen LogP contribution >= 0.6 is 11.6 Å². The number of halogens is 1. The van der Waals surface area contributed by atoms with Crippen LogP contribution in [-0.4, -0.2) is 25.8 Å². The molecule has 0 unspecified atom stereocenters. The molecule has 1 aliphatic heterocycles. The number of carbonyl (C=O) groups excluding carboxylic acids is 1. The minimum absolute atomic E-state index is 0.00369. The van der Waals surface area contributed by atoms with Crippen LogP contribution < -0.4 is 5.14 Å². The van der Waals surface area contributed by atoms with Crippen molar-refractivity contribution >= 4 is 27.5 Å². The molecule has 24 heavy (non-hydrogen) atoms. The third-order valence-electron chi connectivity index (χ3n) is 4.14. The first-order valence-electron chi connectivity index (χ1n) is 7.50. The topological polar surface area (TPSA) is 80.5 Å². The van der Waals surface area contributed by atoms with Gasteiger partial charge in [0.2, 0.25) is 15.9 Å². The lowest BCUT2D eigenvalue weighted by Gasteiger charge is -2.29. The Morgan fingerprint density at radius 2 is 1.83 bits per heavy atom. The van der Waals surface area contributed by atoms with Gasteiger partial charge in [0.15, 0.2) is 0 Å². The van der Waals surface area contributed by atoms with Crippen molar-refractivity contribution in [1.82, 2.24) is 4.90 Å². The summed E-state index contributed by atoms with van der Waals surface area (Å²) in [7, 11) is -3.74. The Morgan fingerprint density at radius 3 is 2.50 bits per heavy atom. The molecule has 1 amide bonds. The van der Waals surface area contributed by atoms with Gasteiger partial charge in [-0.15, -0.1) is 0 Å². The van der Waals surface area contributed by atoms with Crippen molar-refractivity contribution in [2.75, 3.05) is 6.54 Å². The molecular formula is C17H17ClN2O3S. The predicted molar refractivity (Wildman–Crippen MR) is 92.1 cm³/mol. The molecule has 3 rings (SSSR count). The van der Waals surface area contributed by atoms with Crippen LogP contribution in [0.5, 0.6) is 0 Å².